The van der Waals surface area contributed by atoms with Gasteiger partial charge in [0, 0.05) is 25.5 Å². The van der Waals surface area contributed by atoms with Crippen LogP contribution < -0.4 is 32.2 Å². The number of carbonyl (C=O) groups excluding carboxylic acids is 1. The largest absolute Gasteiger partial charge is 0.554 e. The van der Waals surface area contributed by atoms with Gasteiger partial charge in [-0.1, -0.05) is 41.5 Å². The SMILES string of the molecule is CC#N.COc1c(N)cc(C(C)(C)C)cc1N.COc1c([N+](=O)[O-])cc(C(C)(C)C)cc1[N+](=O)[O-].O=C[O-].[NH4+]. The number of benzene rings is 2. The third kappa shape index (κ3) is 12.4. The van der Waals surface area contributed by atoms with Crippen molar-refractivity contribution in [2.24, 2.45) is 0 Å². The van der Waals surface area contributed by atoms with E-state index in [-0.39, 0.29) is 17.3 Å². The number of quaternary nitrogens is 1. The zero-order chi connectivity index (χ0) is 30.4. The smallest absolute Gasteiger partial charge is 0.318 e. The highest BCUT2D eigenvalue weighted by atomic mass is 16.6. The number of carbonyl (C=O) groups is 1. The number of methoxy groups -OCH3 is 2. The Morgan fingerprint density at radius 1 is 0.821 bits per heavy atom. The van der Waals surface area contributed by atoms with Crippen LogP contribution in [-0.2, 0) is 15.6 Å². The highest BCUT2D eigenvalue weighted by molar-refractivity contribution is 5.69. The number of ether oxygens (including phenoxy) is 2. The summed E-state index contributed by atoms with van der Waals surface area (Å²) in [6.45, 7) is 12.8. The quantitative estimate of drug-likeness (QED) is 0.209. The fourth-order valence-corrected chi connectivity index (χ4v) is 2.86. The average molecular weight is 553 g/mol. The van der Waals surface area contributed by atoms with E-state index in [0.29, 0.717) is 22.7 Å². The predicted molar refractivity (Wildman–Crippen MR) is 149 cm³/mol. The summed E-state index contributed by atoms with van der Waals surface area (Å²) in [6.07, 6.45) is 0. The maximum absolute atomic E-state index is 10.9. The number of nitro benzene ring substituents is 2. The highest BCUT2D eigenvalue weighted by Crippen LogP contribution is 2.40. The minimum Gasteiger partial charge on any atom is -0.554 e. The third-order valence-corrected chi connectivity index (χ3v) is 4.73. The van der Waals surface area contributed by atoms with Crippen LogP contribution in [0.15, 0.2) is 24.3 Å². The number of nitrogen functional groups attached to an aromatic ring is 2. The van der Waals surface area contributed by atoms with Gasteiger partial charge in [0.25, 0.3) is 5.75 Å². The maximum Gasteiger partial charge on any atom is 0.318 e. The zero-order valence-electron chi connectivity index (χ0n) is 24.1. The Hall–Kier alpha value is -4.64. The van der Waals surface area contributed by atoms with Gasteiger partial charge in [0.05, 0.1) is 41.5 Å². The first-order valence-electron chi connectivity index (χ1n) is 11.0. The minimum atomic E-state index is -0.679. The number of nitrogens with two attached hydrogens (primary N) is 2. The van der Waals surface area contributed by atoms with Crippen molar-refractivity contribution in [2.45, 2.75) is 59.3 Å². The molecule has 0 fully saturated rings. The van der Waals surface area contributed by atoms with Gasteiger partial charge in [0.2, 0.25) is 0 Å². The van der Waals surface area contributed by atoms with Gasteiger partial charge < -0.3 is 37.0 Å². The van der Waals surface area contributed by atoms with Crippen molar-refractivity contribution in [3.8, 4) is 17.6 Å². The van der Waals surface area contributed by atoms with E-state index < -0.39 is 33.1 Å². The lowest BCUT2D eigenvalue weighted by atomic mass is 9.86. The number of hydrogen-bond donors (Lipinski definition) is 3. The second-order valence-corrected chi connectivity index (χ2v) is 9.57. The van der Waals surface area contributed by atoms with Gasteiger partial charge >= 0.3 is 11.4 Å². The summed E-state index contributed by atoms with van der Waals surface area (Å²) >= 11 is 0. The average Bonchev–Trinajstić information content (AvgIpc) is 2.78. The van der Waals surface area contributed by atoms with Crippen LogP contribution in [-0.4, -0.2) is 30.5 Å². The first-order chi connectivity index (χ1) is 17.4. The second kappa shape index (κ2) is 17.0. The summed E-state index contributed by atoms with van der Waals surface area (Å²) in [5.74, 6) is 0.246. The Balaban J connectivity index is -0.000000550. The Morgan fingerprint density at radius 3 is 1.28 bits per heavy atom. The van der Waals surface area contributed by atoms with Crippen molar-refractivity contribution in [2.75, 3.05) is 25.7 Å². The van der Waals surface area contributed by atoms with E-state index in [1.807, 2.05) is 32.9 Å². The first kappa shape index (κ1) is 38.9. The molecule has 0 aliphatic rings. The third-order valence-electron chi connectivity index (χ3n) is 4.73. The van der Waals surface area contributed by atoms with Crippen LogP contribution in [0.4, 0.5) is 22.7 Å². The topological polar surface area (TPSA) is 257 Å². The van der Waals surface area contributed by atoms with E-state index in [0.717, 1.165) is 5.56 Å². The summed E-state index contributed by atoms with van der Waals surface area (Å²) in [5, 5.41) is 37.4. The Bertz CT molecular complexity index is 1090. The molecule has 8 N–H and O–H groups in total. The number of hydrogen-bond acceptors (Lipinski definition) is 11. The van der Waals surface area contributed by atoms with Crippen LogP contribution in [0.3, 0.4) is 0 Å². The molecule has 0 bridgehead atoms. The summed E-state index contributed by atoms with van der Waals surface area (Å²) in [6, 6.07) is 8.20. The summed E-state index contributed by atoms with van der Waals surface area (Å²) in [5.41, 5.74) is 13.3. The summed E-state index contributed by atoms with van der Waals surface area (Å²) in [4.78, 5) is 28.8. The van der Waals surface area contributed by atoms with Crippen LogP contribution in [0.5, 0.6) is 11.5 Å². The lowest BCUT2D eigenvalue weighted by molar-refractivity contribution is -0.396. The molecular formula is C25H40N6O8. The molecule has 0 atom stereocenters. The van der Waals surface area contributed by atoms with E-state index in [1.54, 1.807) is 13.2 Å². The van der Waals surface area contributed by atoms with E-state index in [9.17, 15) is 20.2 Å². The Labute approximate surface area is 228 Å². The molecule has 39 heavy (non-hydrogen) atoms. The molecule has 0 amide bonds. The molecule has 0 aliphatic heterocycles. The van der Waals surface area contributed by atoms with Crippen LogP contribution in [0.1, 0.15) is 59.6 Å². The molecule has 218 valence electrons. The van der Waals surface area contributed by atoms with Crippen LogP contribution in [0.25, 0.3) is 0 Å². The van der Waals surface area contributed by atoms with Crippen molar-refractivity contribution in [3.63, 3.8) is 0 Å². The van der Waals surface area contributed by atoms with Crippen LogP contribution in [0, 0.1) is 31.6 Å². The molecule has 0 saturated carbocycles. The minimum absolute atomic E-state index is 0. The Kier molecular flexibility index (Phi) is 16.9. The molecule has 2 aromatic rings. The van der Waals surface area contributed by atoms with Crippen LogP contribution in [0.2, 0.25) is 0 Å². The second-order valence-electron chi connectivity index (χ2n) is 9.57. The van der Waals surface area contributed by atoms with Crippen molar-refractivity contribution < 1.29 is 29.2 Å². The fourth-order valence-electron chi connectivity index (χ4n) is 2.86. The van der Waals surface area contributed by atoms with Gasteiger partial charge in [-0.15, -0.1) is 0 Å². The standard InChI is InChI=1S/C11H14N2O5.C11H18N2O.C2H3N.CH2O2.H3N/c1-11(2,3)7-5-8(12(14)15)10(18-4)9(6-7)13(16)17;1-11(2,3)7-5-8(12)10(14-4)9(13)6-7;1-2-3;2-1-3;/h5-6H,1-4H3;5-6H,12-13H2,1-4H3;1H3;1H,(H,2,3);1H3. The van der Waals surface area contributed by atoms with E-state index >= 15 is 0 Å². The molecule has 2 rings (SSSR count). The molecular weight excluding hydrogens is 512 g/mol. The zero-order valence-corrected chi connectivity index (χ0v) is 24.1. The fraction of sp³-hybridized carbons (Fsp3) is 0.440. The van der Waals surface area contributed by atoms with Crippen molar-refractivity contribution in [1.82, 2.24) is 6.15 Å². The van der Waals surface area contributed by atoms with Gasteiger partial charge in [0.1, 0.15) is 0 Å². The first-order valence-corrected chi connectivity index (χ1v) is 11.0. The maximum atomic E-state index is 10.9. The molecule has 2 aromatic carbocycles. The monoisotopic (exact) mass is 552 g/mol. The molecule has 14 heteroatoms. The van der Waals surface area contributed by atoms with Gasteiger partial charge in [-0.3, -0.25) is 20.2 Å². The van der Waals surface area contributed by atoms with Gasteiger partial charge in [-0.05, 0) is 34.1 Å². The number of anilines is 2. The molecule has 0 spiro atoms. The van der Waals surface area contributed by atoms with E-state index in [1.165, 1.54) is 26.2 Å². The molecule has 0 unspecified atom stereocenters. The van der Waals surface area contributed by atoms with Crippen LogP contribution >= 0.6 is 0 Å². The molecule has 0 aromatic heterocycles. The molecule has 14 nitrogen and oxygen atoms in total. The van der Waals surface area contributed by atoms with E-state index in [2.05, 4.69) is 20.8 Å². The molecule has 0 aliphatic carbocycles. The predicted octanol–water partition coefficient (Wildman–Crippen LogP) is 4.24. The summed E-state index contributed by atoms with van der Waals surface area (Å²) in [7, 11) is 2.74. The Morgan fingerprint density at radius 2 is 1.08 bits per heavy atom. The number of nitriles is 1. The number of carboxylic acid groups (broad SMARTS) is 1. The number of nitrogens with zero attached hydrogens (tertiary/aromatic N) is 3. The van der Waals surface area contributed by atoms with Gasteiger partial charge in [-0.2, -0.15) is 5.26 Å². The van der Waals surface area contributed by atoms with Crippen molar-refractivity contribution >= 4 is 29.2 Å². The lowest BCUT2D eigenvalue weighted by Gasteiger charge is -2.21. The van der Waals surface area contributed by atoms with Crippen molar-refractivity contribution in [1.29, 1.82) is 5.26 Å². The van der Waals surface area contributed by atoms with Gasteiger partial charge in [-0.25, -0.2) is 0 Å². The molecule has 0 saturated heterocycles. The number of nitro groups is 2. The highest BCUT2D eigenvalue weighted by Gasteiger charge is 2.30. The normalized spacial score (nSPS) is 9.74. The van der Waals surface area contributed by atoms with E-state index in [4.69, 9.17) is 36.1 Å². The summed E-state index contributed by atoms with van der Waals surface area (Å²) < 4.78 is 9.88. The van der Waals surface area contributed by atoms with Crippen molar-refractivity contribution in [3.05, 3.63) is 55.6 Å². The molecule has 0 radical (unpaired) electrons. The number of rotatable bonds is 4. The lowest BCUT2D eigenvalue weighted by Crippen LogP contribution is -2.12. The van der Waals surface area contributed by atoms with Gasteiger partial charge in [0.15, 0.2) is 5.75 Å². The molecule has 0 heterocycles.